The number of thiophene rings is 1. The van der Waals surface area contributed by atoms with E-state index in [4.69, 9.17) is 0 Å². The largest absolute Gasteiger partial charge is 0.510 e. The van der Waals surface area contributed by atoms with Gasteiger partial charge in [0.05, 0.1) is 13.5 Å². The van der Waals surface area contributed by atoms with Gasteiger partial charge >= 0.3 is 12.1 Å². The number of carbonyl (C=O) groups is 2. The van der Waals surface area contributed by atoms with Crippen molar-refractivity contribution >= 4 is 23.5 Å². The van der Waals surface area contributed by atoms with E-state index in [0.717, 1.165) is 4.88 Å². The molecule has 0 spiro atoms. The maximum absolute atomic E-state index is 11.1. The number of esters is 1. The summed E-state index contributed by atoms with van der Waals surface area (Å²) in [6.45, 7) is -0.420. The summed E-state index contributed by atoms with van der Waals surface area (Å²) in [4.78, 5) is 22.5. The van der Waals surface area contributed by atoms with E-state index in [0.29, 0.717) is 0 Å². The first-order valence-electron chi connectivity index (χ1n) is 4.11. The molecule has 0 fully saturated rings. The minimum Gasteiger partial charge on any atom is -0.438 e. The molecule has 0 radical (unpaired) electrons. The molecule has 0 saturated carbocycles. The molecule has 5 nitrogen and oxygen atoms in total. The molecule has 0 unspecified atom stereocenters. The summed E-state index contributed by atoms with van der Waals surface area (Å²) in [5, 5.41) is 1.87. The zero-order valence-corrected chi connectivity index (χ0v) is 8.91. The van der Waals surface area contributed by atoms with Crippen LogP contribution >= 0.6 is 11.3 Å². The maximum atomic E-state index is 11.1. The van der Waals surface area contributed by atoms with Crippen LogP contribution in [0, 0.1) is 0 Å². The maximum Gasteiger partial charge on any atom is 0.510 e. The predicted octanol–water partition coefficient (Wildman–Crippen LogP) is 1.57. The molecule has 0 amide bonds. The van der Waals surface area contributed by atoms with Gasteiger partial charge in [0.15, 0.2) is 0 Å². The molecule has 0 aliphatic carbocycles. The highest BCUT2D eigenvalue weighted by Gasteiger charge is 2.07. The highest BCUT2D eigenvalue weighted by Crippen LogP contribution is 2.09. The van der Waals surface area contributed by atoms with E-state index in [1.807, 2.05) is 17.5 Å². The predicted molar refractivity (Wildman–Crippen MR) is 52.5 cm³/mol. The topological polar surface area (TPSA) is 61.8 Å². The smallest absolute Gasteiger partial charge is 0.438 e. The minimum atomic E-state index is -0.876. The summed E-state index contributed by atoms with van der Waals surface area (Å²) in [6, 6.07) is 3.67. The zero-order valence-electron chi connectivity index (χ0n) is 8.10. The van der Waals surface area contributed by atoms with Gasteiger partial charge in [-0.25, -0.2) is 4.79 Å². The number of rotatable bonds is 4. The van der Waals surface area contributed by atoms with Crippen LogP contribution in [0.3, 0.4) is 0 Å². The molecule has 6 heteroatoms. The Kier molecular flexibility index (Phi) is 4.62. The number of hydrogen-bond acceptors (Lipinski definition) is 6. The highest BCUT2D eigenvalue weighted by atomic mass is 32.1. The third kappa shape index (κ3) is 4.46. The molecule has 1 heterocycles. The van der Waals surface area contributed by atoms with Crippen LogP contribution < -0.4 is 0 Å². The molecule has 0 aromatic carbocycles. The lowest BCUT2D eigenvalue weighted by atomic mass is 10.3. The fourth-order valence-electron chi connectivity index (χ4n) is 0.809. The molecular formula is C9H10O5S. The van der Waals surface area contributed by atoms with Crippen molar-refractivity contribution in [3.63, 3.8) is 0 Å². The van der Waals surface area contributed by atoms with E-state index < -0.39 is 18.9 Å². The van der Waals surface area contributed by atoms with E-state index in [9.17, 15) is 9.59 Å². The molecule has 0 aliphatic heterocycles. The van der Waals surface area contributed by atoms with Crippen LogP contribution in [0.15, 0.2) is 17.5 Å². The standard InChI is InChI=1S/C9H10O5S/c1-12-9(11)14-6-13-8(10)5-7-3-2-4-15-7/h2-4H,5-6H2,1H3. The number of ether oxygens (including phenoxy) is 3. The summed E-state index contributed by atoms with van der Waals surface area (Å²) in [5.41, 5.74) is 0. The van der Waals surface area contributed by atoms with E-state index in [-0.39, 0.29) is 6.42 Å². The highest BCUT2D eigenvalue weighted by molar-refractivity contribution is 7.10. The van der Waals surface area contributed by atoms with Gasteiger partial charge in [0.2, 0.25) is 6.79 Å². The first-order valence-corrected chi connectivity index (χ1v) is 4.99. The van der Waals surface area contributed by atoms with Gasteiger partial charge in [-0.3, -0.25) is 4.79 Å². The Labute approximate surface area is 90.6 Å². The molecule has 1 aromatic heterocycles. The summed E-state index contributed by atoms with van der Waals surface area (Å²) >= 11 is 1.46. The number of hydrogen-bond donors (Lipinski definition) is 0. The number of carbonyl (C=O) groups excluding carboxylic acids is 2. The van der Waals surface area contributed by atoms with Crippen LogP contribution in [0.25, 0.3) is 0 Å². The third-order valence-electron chi connectivity index (χ3n) is 1.46. The Balaban J connectivity index is 2.17. The second kappa shape index (κ2) is 6.02. The first-order chi connectivity index (χ1) is 7.22. The van der Waals surface area contributed by atoms with E-state index in [2.05, 4.69) is 14.2 Å². The lowest BCUT2D eigenvalue weighted by molar-refractivity contribution is -0.152. The fraction of sp³-hybridized carbons (Fsp3) is 0.333. The summed E-state index contributed by atoms with van der Waals surface area (Å²) < 4.78 is 13.2. The molecule has 0 atom stereocenters. The van der Waals surface area contributed by atoms with Gasteiger partial charge in [-0.05, 0) is 11.4 Å². The molecule has 1 aromatic rings. The molecule has 82 valence electrons. The Morgan fingerprint density at radius 3 is 2.80 bits per heavy atom. The Morgan fingerprint density at radius 2 is 2.20 bits per heavy atom. The van der Waals surface area contributed by atoms with Crippen molar-refractivity contribution in [1.82, 2.24) is 0 Å². The Morgan fingerprint density at radius 1 is 1.40 bits per heavy atom. The SMILES string of the molecule is COC(=O)OCOC(=O)Cc1cccs1. The van der Waals surface area contributed by atoms with Crippen molar-refractivity contribution in [2.75, 3.05) is 13.9 Å². The van der Waals surface area contributed by atoms with Gasteiger partial charge < -0.3 is 14.2 Å². The Bertz CT molecular complexity index is 319. The first kappa shape index (κ1) is 11.5. The lowest BCUT2D eigenvalue weighted by Crippen LogP contribution is -2.13. The molecular weight excluding hydrogens is 220 g/mol. The molecule has 0 saturated heterocycles. The number of methoxy groups -OCH3 is 1. The van der Waals surface area contributed by atoms with Gasteiger partial charge in [0.1, 0.15) is 0 Å². The van der Waals surface area contributed by atoms with Crippen molar-refractivity contribution in [2.24, 2.45) is 0 Å². The molecule has 1 rings (SSSR count). The van der Waals surface area contributed by atoms with Gasteiger partial charge in [-0.15, -0.1) is 11.3 Å². The van der Waals surface area contributed by atoms with Crippen LogP contribution in [0.1, 0.15) is 4.88 Å². The van der Waals surface area contributed by atoms with Gasteiger partial charge in [-0.2, -0.15) is 0 Å². The van der Waals surface area contributed by atoms with E-state index in [1.165, 1.54) is 18.4 Å². The minimum absolute atomic E-state index is 0.183. The molecule has 0 aliphatic rings. The van der Waals surface area contributed by atoms with Gasteiger partial charge in [-0.1, -0.05) is 6.07 Å². The second-order valence-electron chi connectivity index (χ2n) is 2.49. The van der Waals surface area contributed by atoms with Crippen LogP contribution in [-0.2, 0) is 25.4 Å². The van der Waals surface area contributed by atoms with E-state index >= 15 is 0 Å². The Hall–Kier alpha value is -1.56. The molecule has 15 heavy (non-hydrogen) atoms. The second-order valence-corrected chi connectivity index (χ2v) is 3.52. The van der Waals surface area contributed by atoms with Crippen molar-refractivity contribution in [3.8, 4) is 0 Å². The van der Waals surface area contributed by atoms with Crippen molar-refractivity contribution in [2.45, 2.75) is 6.42 Å². The quantitative estimate of drug-likeness (QED) is 0.580. The fourth-order valence-corrected chi connectivity index (χ4v) is 1.50. The van der Waals surface area contributed by atoms with Gasteiger partial charge in [0, 0.05) is 4.88 Å². The average molecular weight is 230 g/mol. The summed E-state index contributed by atoms with van der Waals surface area (Å²) in [6.07, 6.45) is -0.693. The average Bonchev–Trinajstić information content (AvgIpc) is 2.70. The van der Waals surface area contributed by atoms with Crippen molar-refractivity contribution in [3.05, 3.63) is 22.4 Å². The van der Waals surface area contributed by atoms with Crippen LogP contribution in [0.5, 0.6) is 0 Å². The summed E-state index contributed by atoms with van der Waals surface area (Å²) in [7, 11) is 1.18. The molecule has 0 bridgehead atoms. The van der Waals surface area contributed by atoms with Crippen molar-refractivity contribution < 1.29 is 23.8 Å². The normalized spacial score (nSPS) is 9.40. The van der Waals surface area contributed by atoms with Crippen molar-refractivity contribution in [1.29, 1.82) is 0 Å². The van der Waals surface area contributed by atoms with Gasteiger partial charge in [0.25, 0.3) is 0 Å². The van der Waals surface area contributed by atoms with Crippen LogP contribution in [0.2, 0.25) is 0 Å². The summed E-state index contributed by atoms with van der Waals surface area (Å²) in [5.74, 6) is -0.443. The monoisotopic (exact) mass is 230 g/mol. The lowest BCUT2D eigenvalue weighted by Gasteiger charge is -2.03. The zero-order chi connectivity index (χ0) is 11.1. The third-order valence-corrected chi connectivity index (χ3v) is 2.34. The molecule has 0 N–H and O–H groups in total. The van der Waals surface area contributed by atoms with Crippen LogP contribution in [-0.4, -0.2) is 26.0 Å². The van der Waals surface area contributed by atoms with Crippen LogP contribution in [0.4, 0.5) is 4.79 Å². The van der Waals surface area contributed by atoms with E-state index in [1.54, 1.807) is 0 Å².